The fourth-order valence-electron chi connectivity index (χ4n) is 3.17. The minimum atomic E-state index is 0.218. The van der Waals surface area contributed by atoms with Crippen molar-refractivity contribution in [1.29, 1.82) is 0 Å². The van der Waals surface area contributed by atoms with Crippen LogP contribution in [-0.2, 0) is 4.79 Å². The summed E-state index contributed by atoms with van der Waals surface area (Å²) in [5.74, 6) is 0. The SMILES string of the molecule is O=[C]CN1CCN(C(c2ccccc2)c2ccc(Cl)cc2)CC1. The third kappa shape index (κ3) is 3.99. The predicted molar refractivity (Wildman–Crippen MR) is 93.4 cm³/mol. The molecule has 0 aromatic heterocycles. The minimum absolute atomic E-state index is 0.218. The van der Waals surface area contributed by atoms with Crippen LogP contribution in [0.2, 0.25) is 5.02 Å². The molecule has 0 amide bonds. The van der Waals surface area contributed by atoms with Gasteiger partial charge in [-0.15, -0.1) is 0 Å². The fourth-order valence-corrected chi connectivity index (χ4v) is 3.29. The molecule has 23 heavy (non-hydrogen) atoms. The van der Waals surface area contributed by atoms with Crippen LogP contribution in [0.1, 0.15) is 17.2 Å². The topological polar surface area (TPSA) is 23.6 Å². The van der Waals surface area contributed by atoms with Gasteiger partial charge in [0.15, 0.2) is 0 Å². The molecule has 0 aliphatic carbocycles. The van der Waals surface area contributed by atoms with Crippen molar-refractivity contribution < 1.29 is 4.79 Å². The van der Waals surface area contributed by atoms with Crippen LogP contribution < -0.4 is 0 Å². The number of halogens is 1. The van der Waals surface area contributed by atoms with Gasteiger partial charge in [0.2, 0.25) is 6.29 Å². The molecule has 2 aromatic rings. The van der Waals surface area contributed by atoms with E-state index in [2.05, 4.69) is 46.2 Å². The van der Waals surface area contributed by atoms with Crippen LogP contribution in [0.5, 0.6) is 0 Å². The smallest absolute Gasteiger partial charge is 0.213 e. The second-order valence-corrected chi connectivity index (χ2v) is 6.26. The Labute approximate surface area is 142 Å². The quantitative estimate of drug-likeness (QED) is 0.843. The first kappa shape index (κ1) is 16.2. The van der Waals surface area contributed by atoms with Crippen molar-refractivity contribution in [3.05, 3.63) is 70.7 Å². The molecule has 1 radical (unpaired) electrons. The average Bonchev–Trinajstić information content (AvgIpc) is 2.60. The van der Waals surface area contributed by atoms with Gasteiger partial charge in [-0.05, 0) is 23.3 Å². The van der Waals surface area contributed by atoms with Crippen molar-refractivity contribution in [3.8, 4) is 0 Å². The molecule has 1 atom stereocenters. The van der Waals surface area contributed by atoms with E-state index in [0.29, 0.717) is 6.54 Å². The zero-order valence-electron chi connectivity index (χ0n) is 13.0. The van der Waals surface area contributed by atoms with Gasteiger partial charge in [-0.25, -0.2) is 0 Å². The van der Waals surface area contributed by atoms with Gasteiger partial charge in [0, 0.05) is 31.2 Å². The molecule has 0 saturated carbocycles. The normalized spacial score (nSPS) is 17.8. The maximum Gasteiger partial charge on any atom is 0.213 e. The van der Waals surface area contributed by atoms with Gasteiger partial charge in [0.1, 0.15) is 0 Å². The third-order valence-electron chi connectivity index (χ3n) is 4.36. The molecule has 1 aliphatic rings. The first-order valence-corrected chi connectivity index (χ1v) is 8.27. The Hall–Kier alpha value is -1.68. The van der Waals surface area contributed by atoms with E-state index in [9.17, 15) is 4.79 Å². The zero-order valence-corrected chi connectivity index (χ0v) is 13.7. The van der Waals surface area contributed by atoms with E-state index in [0.717, 1.165) is 31.2 Å². The van der Waals surface area contributed by atoms with Gasteiger partial charge in [0.05, 0.1) is 12.6 Å². The molecule has 1 aliphatic heterocycles. The monoisotopic (exact) mass is 327 g/mol. The van der Waals surface area contributed by atoms with Crippen LogP contribution in [0.15, 0.2) is 54.6 Å². The van der Waals surface area contributed by atoms with E-state index in [-0.39, 0.29) is 6.04 Å². The highest BCUT2D eigenvalue weighted by Crippen LogP contribution is 2.30. The minimum Gasteiger partial charge on any atom is -0.293 e. The van der Waals surface area contributed by atoms with Crippen LogP contribution in [0.4, 0.5) is 0 Å². The number of hydrogen-bond acceptors (Lipinski definition) is 3. The van der Waals surface area contributed by atoms with Crippen LogP contribution in [-0.4, -0.2) is 48.8 Å². The second kappa shape index (κ2) is 7.73. The van der Waals surface area contributed by atoms with Crippen molar-refractivity contribution in [2.75, 3.05) is 32.7 Å². The molecule has 1 heterocycles. The van der Waals surface area contributed by atoms with Crippen molar-refractivity contribution in [3.63, 3.8) is 0 Å². The summed E-state index contributed by atoms with van der Waals surface area (Å²) in [6.07, 6.45) is 1.99. The lowest BCUT2D eigenvalue weighted by atomic mass is 9.96. The van der Waals surface area contributed by atoms with Crippen LogP contribution in [0.25, 0.3) is 0 Å². The summed E-state index contributed by atoms with van der Waals surface area (Å²) in [7, 11) is 0. The molecule has 1 fully saturated rings. The summed E-state index contributed by atoms with van der Waals surface area (Å²) in [5.41, 5.74) is 2.53. The van der Waals surface area contributed by atoms with Gasteiger partial charge in [-0.3, -0.25) is 14.6 Å². The van der Waals surface area contributed by atoms with E-state index >= 15 is 0 Å². The lowest BCUT2D eigenvalue weighted by Crippen LogP contribution is -2.48. The molecule has 1 unspecified atom stereocenters. The Morgan fingerprint density at radius 1 is 0.913 bits per heavy atom. The number of hydrogen-bond donors (Lipinski definition) is 0. The number of nitrogens with zero attached hydrogens (tertiary/aromatic N) is 2. The van der Waals surface area contributed by atoms with E-state index < -0.39 is 0 Å². The van der Waals surface area contributed by atoms with Gasteiger partial charge in [-0.1, -0.05) is 54.1 Å². The number of rotatable bonds is 5. The largest absolute Gasteiger partial charge is 0.293 e. The third-order valence-corrected chi connectivity index (χ3v) is 4.61. The predicted octanol–water partition coefficient (Wildman–Crippen LogP) is 3.16. The Kier molecular flexibility index (Phi) is 5.44. The molecular weight excluding hydrogens is 308 g/mol. The number of piperazine rings is 1. The second-order valence-electron chi connectivity index (χ2n) is 5.82. The number of benzene rings is 2. The molecule has 0 N–H and O–H groups in total. The molecule has 0 spiro atoms. The van der Waals surface area contributed by atoms with Gasteiger partial charge < -0.3 is 0 Å². The molecule has 2 aromatic carbocycles. The molecule has 119 valence electrons. The van der Waals surface area contributed by atoms with Gasteiger partial charge in [0.25, 0.3) is 0 Å². The van der Waals surface area contributed by atoms with Crippen LogP contribution in [0, 0.1) is 0 Å². The summed E-state index contributed by atoms with van der Waals surface area (Å²) in [6, 6.07) is 18.9. The van der Waals surface area contributed by atoms with Crippen molar-refractivity contribution >= 4 is 17.9 Å². The first-order chi connectivity index (χ1) is 11.3. The maximum absolute atomic E-state index is 10.6. The van der Waals surface area contributed by atoms with E-state index in [1.807, 2.05) is 24.5 Å². The highest BCUT2D eigenvalue weighted by Gasteiger charge is 2.26. The highest BCUT2D eigenvalue weighted by molar-refractivity contribution is 6.30. The van der Waals surface area contributed by atoms with Crippen molar-refractivity contribution in [2.45, 2.75) is 6.04 Å². The van der Waals surface area contributed by atoms with Crippen molar-refractivity contribution in [2.24, 2.45) is 0 Å². The Morgan fingerprint density at radius 2 is 1.52 bits per heavy atom. The van der Waals surface area contributed by atoms with Gasteiger partial charge in [-0.2, -0.15) is 0 Å². The number of carbonyl (C=O) groups excluding carboxylic acids is 1. The van der Waals surface area contributed by atoms with Crippen molar-refractivity contribution in [1.82, 2.24) is 9.80 Å². The lowest BCUT2D eigenvalue weighted by Gasteiger charge is -2.39. The average molecular weight is 328 g/mol. The fraction of sp³-hybridized carbons (Fsp3) is 0.316. The Bertz CT molecular complexity index is 622. The zero-order chi connectivity index (χ0) is 16.1. The van der Waals surface area contributed by atoms with E-state index in [1.54, 1.807) is 0 Å². The van der Waals surface area contributed by atoms with Crippen LogP contribution >= 0.6 is 11.6 Å². The summed E-state index contributed by atoms with van der Waals surface area (Å²) in [6.45, 7) is 4.07. The maximum atomic E-state index is 10.6. The first-order valence-electron chi connectivity index (χ1n) is 7.90. The molecule has 1 saturated heterocycles. The standard InChI is InChI=1S/C19H20ClN2O/c20-18-8-6-17(7-9-18)19(16-4-2-1-3-5-16)22-12-10-21(11-13-22)14-15-23/h1-9,19H,10-14H2. The molecule has 0 bridgehead atoms. The summed E-state index contributed by atoms with van der Waals surface area (Å²) < 4.78 is 0. The molecule has 3 rings (SSSR count). The lowest BCUT2D eigenvalue weighted by molar-refractivity contribution is 0.120. The van der Waals surface area contributed by atoms with E-state index in [4.69, 9.17) is 11.6 Å². The van der Waals surface area contributed by atoms with E-state index in [1.165, 1.54) is 11.1 Å². The summed E-state index contributed by atoms with van der Waals surface area (Å²) in [5, 5.41) is 0.756. The molecule has 3 nitrogen and oxygen atoms in total. The summed E-state index contributed by atoms with van der Waals surface area (Å²) in [4.78, 5) is 15.2. The molecular formula is C19H20ClN2O. The highest BCUT2D eigenvalue weighted by atomic mass is 35.5. The Balaban J connectivity index is 1.84. The molecule has 4 heteroatoms. The Morgan fingerprint density at radius 3 is 2.13 bits per heavy atom. The summed E-state index contributed by atoms with van der Waals surface area (Å²) >= 11 is 6.05. The van der Waals surface area contributed by atoms with Gasteiger partial charge >= 0.3 is 0 Å². The van der Waals surface area contributed by atoms with Crippen LogP contribution in [0.3, 0.4) is 0 Å².